The molecule has 0 fully saturated rings. The fourth-order valence-corrected chi connectivity index (χ4v) is 1.96. The topological polar surface area (TPSA) is 92.8 Å². The number of ether oxygens (including phenoxy) is 2. The molecule has 1 aliphatic heterocycles. The smallest absolute Gasteiger partial charge is 0.354 e. The van der Waals surface area contributed by atoms with Gasteiger partial charge in [0.05, 0.1) is 19.1 Å². The lowest BCUT2D eigenvalue weighted by atomic mass is 10.1. The molecule has 0 aromatic heterocycles. The highest BCUT2D eigenvalue weighted by Crippen LogP contribution is 2.12. The van der Waals surface area contributed by atoms with Gasteiger partial charge in [0, 0.05) is 18.5 Å². The first-order chi connectivity index (χ1) is 13.8. The minimum Gasteiger partial charge on any atom is -0.477 e. The first-order valence-corrected chi connectivity index (χ1v) is 8.28. The van der Waals surface area contributed by atoms with Gasteiger partial charge >= 0.3 is 5.97 Å². The minimum atomic E-state index is -1.20. The van der Waals surface area contributed by atoms with Gasteiger partial charge in [0.15, 0.2) is 18.5 Å². The van der Waals surface area contributed by atoms with Gasteiger partial charge in [-0.05, 0) is 17.2 Å². The molecule has 0 saturated carbocycles. The van der Waals surface area contributed by atoms with Crippen molar-refractivity contribution in [3.63, 3.8) is 0 Å². The van der Waals surface area contributed by atoms with Crippen LogP contribution >= 0.6 is 0 Å². The Kier molecular flexibility index (Phi) is 8.97. The molecule has 0 amide bonds. The summed E-state index contributed by atoms with van der Waals surface area (Å²) in [6.45, 7) is 0.422. The number of aliphatic imine (C=N–C) groups is 3. The van der Waals surface area contributed by atoms with Gasteiger partial charge in [0.2, 0.25) is 0 Å². The number of benzene rings is 1. The van der Waals surface area contributed by atoms with Gasteiger partial charge in [-0.1, -0.05) is 48.6 Å². The fourth-order valence-electron chi connectivity index (χ4n) is 1.96. The fraction of sp³-hybridized carbons (Fsp3) is 0.0476. The molecule has 1 aliphatic rings. The summed E-state index contributed by atoms with van der Waals surface area (Å²) in [6.07, 6.45) is 18.1. The third-order valence-electron chi connectivity index (χ3n) is 3.23. The zero-order valence-corrected chi connectivity index (χ0v) is 15.0. The minimum absolute atomic E-state index is 0.216. The van der Waals surface area contributed by atoms with Gasteiger partial charge in [0.25, 0.3) is 0 Å². The second-order valence-corrected chi connectivity index (χ2v) is 5.16. The summed E-state index contributed by atoms with van der Waals surface area (Å²) < 4.78 is 10.1. The summed E-state index contributed by atoms with van der Waals surface area (Å²) in [4.78, 5) is 22.9. The number of hydrogen-bond donors (Lipinski definition) is 1. The van der Waals surface area contributed by atoms with Gasteiger partial charge in [-0.2, -0.15) is 0 Å². The number of fused-ring (bicyclic) bond motifs is 1. The van der Waals surface area contributed by atoms with Gasteiger partial charge in [0.1, 0.15) is 0 Å². The van der Waals surface area contributed by atoms with Crippen LogP contribution in [0.1, 0.15) is 11.1 Å². The van der Waals surface area contributed by atoms with E-state index in [1.807, 2.05) is 48.6 Å². The zero-order valence-electron chi connectivity index (χ0n) is 15.0. The molecule has 0 aliphatic carbocycles. The molecule has 1 aromatic rings. The Morgan fingerprint density at radius 2 is 1.75 bits per heavy atom. The van der Waals surface area contributed by atoms with E-state index in [4.69, 9.17) is 14.6 Å². The molecule has 1 aromatic carbocycles. The summed E-state index contributed by atoms with van der Waals surface area (Å²) >= 11 is 0. The monoisotopic (exact) mass is 377 g/mol. The highest BCUT2D eigenvalue weighted by atomic mass is 16.5. The first-order valence-electron chi connectivity index (χ1n) is 8.28. The largest absolute Gasteiger partial charge is 0.477 e. The SMILES string of the molecule is O=C(O)C1=N/C=C\N=C/O\C=C/C=C\C=C/c2ccccc2C/N=C\O/C=C\1. The number of aliphatic carboxylic acids is 1. The lowest BCUT2D eigenvalue weighted by molar-refractivity contribution is -0.129. The average Bonchev–Trinajstić information content (AvgIpc) is 2.69. The lowest BCUT2D eigenvalue weighted by Crippen LogP contribution is -2.09. The second-order valence-electron chi connectivity index (χ2n) is 5.16. The van der Waals surface area contributed by atoms with Crippen molar-refractivity contribution >= 4 is 30.6 Å². The second kappa shape index (κ2) is 12.4. The summed E-state index contributed by atoms with van der Waals surface area (Å²) in [5.74, 6) is -1.20. The van der Waals surface area contributed by atoms with E-state index in [2.05, 4.69) is 15.0 Å². The van der Waals surface area contributed by atoms with Crippen LogP contribution in [0.5, 0.6) is 0 Å². The van der Waals surface area contributed by atoms with Gasteiger partial charge in [-0.3, -0.25) is 4.99 Å². The molecule has 7 heteroatoms. The molecule has 0 atom stereocenters. The van der Waals surface area contributed by atoms with Crippen molar-refractivity contribution in [2.45, 2.75) is 6.54 Å². The van der Waals surface area contributed by atoms with Crippen LogP contribution in [-0.2, 0) is 20.8 Å². The Morgan fingerprint density at radius 1 is 0.929 bits per heavy atom. The molecule has 7 nitrogen and oxygen atoms in total. The predicted octanol–water partition coefficient (Wildman–Crippen LogP) is 3.88. The summed E-state index contributed by atoms with van der Waals surface area (Å²) in [7, 11) is 0. The van der Waals surface area contributed by atoms with E-state index < -0.39 is 5.97 Å². The number of carboxylic acid groups (broad SMARTS) is 1. The van der Waals surface area contributed by atoms with E-state index in [-0.39, 0.29) is 5.71 Å². The van der Waals surface area contributed by atoms with Crippen molar-refractivity contribution in [3.05, 3.63) is 90.7 Å². The number of carboxylic acids is 1. The molecule has 1 N–H and O–H groups in total. The maximum Gasteiger partial charge on any atom is 0.354 e. The van der Waals surface area contributed by atoms with Gasteiger partial charge in [-0.25, -0.2) is 14.8 Å². The molecule has 0 radical (unpaired) electrons. The molecule has 0 unspecified atom stereocenters. The van der Waals surface area contributed by atoms with Crippen molar-refractivity contribution < 1.29 is 19.4 Å². The molecule has 2 rings (SSSR count). The van der Waals surface area contributed by atoms with Crippen LogP contribution in [-0.4, -0.2) is 29.6 Å². The van der Waals surface area contributed by atoms with Crippen LogP contribution in [0.15, 0.2) is 94.5 Å². The number of hydrogen-bond acceptors (Lipinski definition) is 6. The quantitative estimate of drug-likeness (QED) is 0.804. The highest BCUT2D eigenvalue weighted by Gasteiger charge is 2.03. The lowest BCUT2D eigenvalue weighted by Gasteiger charge is -2.01. The van der Waals surface area contributed by atoms with E-state index in [1.54, 1.807) is 6.08 Å². The molecule has 0 bridgehead atoms. The molecule has 28 heavy (non-hydrogen) atoms. The number of allylic oxidation sites excluding steroid dienone is 4. The Hall–Kier alpha value is -4.00. The highest BCUT2D eigenvalue weighted by molar-refractivity contribution is 6.40. The Morgan fingerprint density at radius 3 is 2.64 bits per heavy atom. The normalized spacial score (nSPS) is 24.9. The van der Waals surface area contributed by atoms with E-state index in [1.165, 1.54) is 43.8 Å². The maximum absolute atomic E-state index is 11.1. The van der Waals surface area contributed by atoms with Crippen LogP contribution in [0.25, 0.3) is 6.08 Å². The van der Waals surface area contributed by atoms with Crippen molar-refractivity contribution in [1.29, 1.82) is 0 Å². The van der Waals surface area contributed by atoms with E-state index >= 15 is 0 Å². The van der Waals surface area contributed by atoms with Crippen molar-refractivity contribution in [3.8, 4) is 0 Å². The average molecular weight is 377 g/mol. The molecule has 0 saturated heterocycles. The van der Waals surface area contributed by atoms with Crippen LogP contribution < -0.4 is 0 Å². The molecule has 0 spiro atoms. The van der Waals surface area contributed by atoms with Crippen LogP contribution in [0.2, 0.25) is 0 Å². The maximum atomic E-state index is 11.1. The van der Waals surface area contributed by atoms with E-state index in [0.717, 1.165) is 11.1 Å². The Bertz CT molecular complexity index is 891. The van der Waals surface area contributed by atoms with Crippen LogP contribution in [0, 0.1) is 0 Å². The standard InChI is InChI=1S/C21H19N3O4/c25-21(26)20-10-14-28-17-23-15-19-9-5-4-8-18(19)7-3-1-2-6-13-27-16-22-11-12-24-20/h1-14,16-17H,15H2,(H,25,26)/b2-1-,7-3-,12-11-,13-6-,14-10-,22-16-,23-17-,24-20+. The van der Waals surface area contributed by atoms with Crippen molar-refractivity contribution in [1.82, 2.24) is 0 Å². The Labute approximate surface area is 162 Å². The van der Waals surface area contributed by atoms with E-state index in [9.17, 15) is 4.79 Å². The van der Waals surface area contributed by atoms with Crippen molar-refractivity contribution in [2.75, 3.05) is 0 Å². The number of carbonyl (C=O) groups is 1. The third kappa shape index (κ3) is 7.92. The van der Waals surface area contributed by atoms with Crippen LogP contribution in [0.3, 0.4) is 0 Å². The summed E-state index contributed by atoms with van der Waals surface area (Å²) in [5, 5.41) is 9.10. The Balaban J connectivity index is 2.19. The van der Waals surface area contributed by atoms with Gasteiger partial charge < -0.3 is 14.6 Å². The molecule has 142 valence electrons. The first kappa shape index (κ1) is 20.3. The molecular formula is C21H19N3O4. The number of nitrogens with zero attached hydrogens (tertiary/aromatic N) is 3. The van der Waals surface area contributed by atoms with Crippen molar-refractivity contribution in [2.24, 2.45) is 15.0 Å². The van der Waals surface area contributed by atoms with Crippen LogP contribution in [0.4, 0.5) is 0 Å². The predicted molar refractivity (Wildman–Crippen MR) is 110 cm³/mol. The zero-order chi connectivity index (χ0) is 19.9. The summed E-state index contributed by atoms with van der Waals surface area (Å²) in [5.41, 5.74) is 1.84. The summed E-state index contributed by atoms with van der Waals surface area (Å²) in [6, 6.07) is 7.85. The third-order valence-corrected chi connectivity index (χ3v) is 3.23. The van der Waals surface area contributed by atoms with E-state index in [0.29, 0.717) is 6.54 Å². The molecule has 1 heterocycles. The number of rotatable bonds is 1. The molecular weight excluding hydrogens is 358 g/mol. The van der Waals surface area contributed by atoms with Gasteiger partial charge in [-0.15, -0.1) is 0 Å².